The van der Waals surface area contributed by atoms with Crippen molar-refractivity contribution in [3.05, 3.63) is 57.3 Å². The number of halogens is 3. The van der Waals surface area contributed by atoms with Crippen molar-refractivity contribution in [2.75, 3.05) is 0 Å². The van der Waals surface area contributed by atoms with Crippen molar-refractivity contribution in [2.45, 2.75) is 31.2 Å². The van der Waals surface area contributed by atoms with E-state index in [0.717, 1.165) is 31.0 Å². The molecule has 0 bridgehead atoms. The monoisotopic (exact) mass is 389 g/mol. The first-order valence-electron chi connectivity index (χ1n) is 8.45. The maximum atomic E-state index is 13.0. The lowest BCUT2D eigenvalue weighted by Crippen LogP contribution is -2.19. The lowest BCUT2D eigenvalue weighted by molar-refractivity contribution is -0.137. The van der Waals surface area contributed by atoms with Crippen molar-refractivity contribution < 1.29 is 18.3 Å². The highest BCUT2D eigenvalue weighted by atomic mass is 19.4. The van der Waals surface area contributed by atoms with Gasteiger partial charge in [0.2, 0.25) is 0 Å². The Morgan fingerprint density at radius 3 is 2.64 bits per heavy atom. The Kier molecular flexibility index (Phi) is 4.01. The third kappa shape index (κ3) is 2.84. The van der Waals surface area contributed by atoms with Crippen LogP contribution in [-0.2, 0) is 13.2 Å². The van der Waals surface area contributed by atoms with E-state index in [-0.39, 0.29) is 33.9 Å². The van der Waals surface area contributed by atoms with E-state index in [0.29, 0.717) is 0 Å². The van der Waals surface area contributed by atoms with Crippen molar-refractivity contribution >= 4 is 11.0 Å². The van der Waals surface area contributed by atoms with E-state index in [9.17, 15) is 23.1 Å². The molecule has 1 aromatic carbocycles. The lowest BCUT2D eigenvalue weighted by Gasteiger charge is -2.15. The minimum absolute atomic E-state index is 0.0719. The Morgan fingerprint density at radius 1 is 1.32 bits per heavy atom. The number of benzene rings is 1. The number of nitrogens with zero attached hydrogens (tertiary/aromatic N) is 5. The molecule has 144 valence electrons. The molecule has 10 heteroatoms. The van der Waals surface area contributed by atoms with E-state index >= 15 is 0 Å². The normalized spacial score (nSPS) is 15.6. The predicted molar refractivity (Wildman–Crippen MR) is 91.3 cm³/mol. The maximum Gasteiger partial charge on any atom is 0.417 e. The number of nitriles is 1. The van der Waals surface area contributed by atoms with Gasteiger partial charge in [-0.25, -0.2) is 4.98 Å². The Balaban J connectivity index is 1.82. The van der Waals surface area contributed by atoms with E-state index in [1.807, 2.05) is 0 Å². The summed E-state index contributed by atoms with van der Waals surface area (Å²) in [6.45, 7) is 0. The second-order valence-corrected chi connectivity index (χ2v) is 6.71. The van der Waals surface area contributed by atoms with Crippen molar-refractivity contribution in [3.8, 4) is 6.07 Å². The number of fused-ring (bicyclic) bond motifs is 1. The summed E-state index contributed by atoms with van der Waals surface area (Å²) in [6, 6.07) is 4.45. The van der Waals surface area contributed by atoms with Gasteiger partial charge in [0, 0.05) is 13.1 Å². The summed E-state index contributed by atoms with van der Waals surface area (Å²) >= 11 is 0. The van der Waals surface area contributed by atoms with Crippen LogP contribution in [0.25, 0.3) is 11.0 Å². The first kappa shape index (κ1) is 18.2. The number of hydrogen-bond acceptors (Lipinski definition) is 5. The molecule has 1 atom stereocenters. The summed E-state index contributed by atoms with van der Waals surface area (Å²) in [5.74, 6) is 0. The van der Waals surface area contributed by atoms with Crippen LogP contribution in [0.1, 0.15) is 47.4 Å². The van der Waals surface area contributed by atoms with Crippen LogP contribution in [0.15, 0.2) is 29.3 Å². The van der Waals surface area contributed by atoms with Gasteiger partial charge >= 0.3 is 6.18 Å². The van der Waals surface area contributed by atoms with Gasteiger partial charge < -0.3 is 5.11 Å². The third-order valence-corrected chi connectivity index (χ3v) is 4.80. The van der Waals surface area contributed by atoms with Crippen LogP contribution in [-0.4, -0.2) is 24.4 Å². The van der Waals surface area contributed by atoms with Gasteiger partial charge in [0.05, 0.1) is 29.2 Å². The number of rotatable bonds is 3. The van der Waals surface area contributed by atoms with Crippen LogP contribution >= 0.6 is 0 Å². The topological polar surface area (TPSA) is 96.7 Å². The predicted octanol–water partition coefficient (Wildman–Crippen LogP) is 2.44. The first-order valence-corrected chi connectivity index (χ1v) is 8.45. The molecular weight excluding hydrogens is 375 g/mol. The molecule has 1 saturated carbocycles. The molecule has 2 aromatic heterocycles. The summed E-state index contributed by atoms with van der Waals surface area (Å²) in [4.78, 5) is 16.8. The molecule has 7 nitrogen and oxygen atoms in total. The zero-order valence-corrected chi connectivity index (χ0v) is 14.6. The molecule has 4 rings (SSSR count). The zero-order valence-electron chi connectivity index (χ0n) is 14.6. The van der Waals surface area contributed by atoms with Gasteiger partial charge in [-0.05, 0) is 30.5 Å². The number of aliphatic hydroxyl groups excluding tert-OH is 1. The molecule has 1 N–H and O–H groups in total. The van der Waals surface area contributed by atoms with E-state index in [1.165, 1.54) is 28.7 Å². The van der Waals surface area contributed by atoms with Gasteiger partial charge in [-0.2, -0.15) is 23.5 Å². The SMILES string of the molecule is Cn1nc2c(=O)n(C3CC3)cnc2c1C(O)c1ccc(C(F)(F)F)c(C#N)c1. The molecule has 0 aliphatic heterocycles. The quantitative estimate of drug-likeness (QED) is 0.742. The van der Waals surface area contributed by atoms with Gasteiger partial charge in [-0.15, -0.1) is 0 Å². The van der Waals surface area contributed by atoms with Gasteiger partial charge in [0.25, 0.3) is 5.56 Å². The number of aryl methyl sites for hydroxylation is 1. The van der Waals surface area contributed by atoms with Gasteiger partial charge in [0.1, 0.15) is 11.6 Å². The van der Waals surface area contributed by atoms with Crippen LogP contribution in [0.3, 0.4) is 0 Å². The lowest BCUT2D eigenvalue weighted by atomic mass is 9.99. The summed E-state index contributed by atoms with van der Waals surface area (Å²) in [5.41, 5.74) is -1.51. The highest BCUT2D eigenvalue weighted by Crippen LogP contribution is 2.36. The number of alkyl halides is 3. The molecule has 28 heavy (non-hydrogen) atoms. The maximum absolute atomic E-state index is 13.0. The number of hydrogen-bond donors (Lipinski definition) is 1. The summed E-state index contributed by atoms with van der Waals surface area (Å²) < 4.78 is 41.8. The second kappa shape index (κ2) is 6.17. The fourth-order valence-corrected chi connectivity index (χ4v) is 3.24. The molecule has 1 aliphatic carbocycles. The fraction of sp³-hybridized carbons (Fsp3) is 0.333. The molecule has 1 unspecified atom stereocenters. The minimum atomic E-state index is -4.68. The van der Waals surface area contributed by atoms with Gasteiger partial charge in [-0.1, -0.05) is 6.07 Å². The zero-order chi connectivity index (χ0) is 20.2. The molecular formula is C18H14F3N5O2. The Morgan fingerprint density at radius 2 is 2.04 bits per heavy atom. The van der Waals surface area contributed by atoms with E-state index in [2.05, 4.69) is 10.1 Å². The van der Waals surface area contributed by atoms with Crippen molar-refractivity contribution in [2.24, 2.45) is 7.05 Å². The Labute approximate surface area is 156 Å². The van der Waals surface area contributed by atoms with E-state index in [1.54, 1.807) is 0 Å². The van der Waals surface area contributed by atoms with Crippen molar-refractivity contribution in [1.29, 1.82) is 5.26 Å². The fourth-order valence-electron chi connectivity index (χ4n) is 3.24. The molecule has 0 saturated heterocycles. The van der Waals surface area contributed by atoms with Crippen LogP contribution in [0.2, 0.25) is 0 Å². The standard InChI is InChI=1S/C18H14F3N5O2/c1-25-15(13-14(24-25)17(28)26(8-23-13)11-3-4-11)16(27)9-2-5-12(18(19,20)21)10(6-9)7-22/h2,5-6,8,11,16,27H,3-4H2,1H3. The van der Waals surface area contributed by atoms with Crippen molar-refractivity contribution in [1.82, 2.24) is 19.3 Å². The molecule has 0 spiro atoms. The van der Waals surface area contributed by atoms with Crippen LogP contribution in [0.4, 0.5) is 13.2 Å². The first-order chi connectivity index (χ1) is 13.2. The Hall–Kier alpha value is -3.19. The van der Waals surface area contributed by atoms with E-state index in [4.69, 9.17) is 5.26 Å². The van der Waals surface area contributed by atoms with Crippen LogP contribution in [0, 0.1) is 11.3 Å². The summed E-state index contributed by atoms with van der Waals surface area (Å²) in [6.07, 6.45) is -2.92. The highest BCUT2D eigenvalue weighted by molar-refractivity contribution is 5.77. The largest absolute Gasteiger partial charge is 0.417 e. The number of aromatic nitrogens is 4. The third-order valence-electron chi connectivity index (χ3n) is 4.80. The summed E-state index contributed by atoms with van der Waals surface area (Å²) in [5, 5.41) is 24.0. The molecule has 0 radical (unpaired) electrons. The highest BCUT2D eigenvalue weighted by Gasteiger charge is 2.34. The van der Waals surface area contributed by atoms with Crippen LogP contribution in [0.5, 0.6) is 0 Å². The average molecular weight is 389 g/mol. The average Bonchev–Trinajstić information content (AvgIpc) is 3.42. The van der Waals surface area contributed by atoms with E-state index < -0.39 is 23.4 Å². The van der Waals surface area contributed by atoms with Gasteiger partial charge in [0.15, 0.2) is 5.52 Å². The second-order valence-electron chi connectivity index (χ2n) is 6.71. The molecule has 2 heterocycles. The molecule has 1 aliphatic rings. The smallest absolute Gasteiger partial charge is 0.382 e. The Bertz CT molecular complexity index is 1180. The molecule has 3 aromatic rings. The minimum Gasteiger partial charge on any atom is -0.382 e. The molecule has 0 amide bonds. The molecule has 1 fully saturated rings. The summed E-state index contributed by atoms with van der Waals surface area (Å²) in [7, 11) is 1.51. The van der Waals surface area contributed by atoms with Crippen molar-refractivity contribution in [3.63, 3.8) is 0 Å². The van der Waals surface area contributed by atoms with Gasteiger partial charge in [-0.3, -0.25) is 14.0 Å². The van der Waals surface area contributed by atoms with Crippen LogP contribution < -0.4 is 5.56 Å². The number of aliphatic hydroxyl groups is 1.